The fourth-order valence-corrected chi connectivity index (χ4v) is 2.74. The molecule has 106 valence electrons. The van der Waals surface area contributed by atoms with E-state index >= 15 is 0 Å². The summed E-state index contributed by atoms with van der Waals surface area (Å²) in [6, 6.07) is 0. The van der Waals surface area contributed by atoms with Crippen LogP contribution in [0.15, 0.2) is 0 Å². The lowest BCUT2D eigenvalue weighted by Gasteiger charge is -2.51. The first kappa shape index (κ1) is 19.3. The van der Waals surface area contributed by atoms with Crippen LogP contribution in [0.1, 0.15) is 74.7 Å². The molecule has 0 aliphatic carbocycles. The van der Waals surface area contributed by atoms with E-state index < -0.39 is 0 Å². The molecule has 1 heteroatoms. The Balaban J connectivity index is 0. The quantitative estimate of drug-likeness (QED) is 0.644. The Morgan fingerprint density at radius 2 is 1.47 bits per heavy atom. The van der Waals surface area contributed by atoms with Crippen LogP contribution >= 0.6 is 0 Å². The van der Waals surface area contributed by atoms with Crippen LogP contribution in [0.2, 0.25) is 0 Å². The molecule has 1 heterocycles. The van der Waals surface area contributed by atoms with Gasteiger partial charge in [-0.3, -0.25) is 0 Å². The Morgan fingerprint density at radius 1 is 1.00 bits per heavy atom. The second kappa shape index (κ2) is 8.97. The molecule has 1 nitrogen and oxygen atoms in total. The molecule has 1 aliphatic rings. The first-order chi connectivity index (χ1) is 7.91. The van der Waals surface area contributed by atoms with Crippen molar-refractivity contribution in [3.8, 4) is 0 Å². The molecule has 0 spiro atoms. The summed E-state index contributed by atoms with van der Waals surface area (Å²) in [7, 11) is 2.24. The molecule has 1 saturated heterocycles. The van der Waals surface area contributed by atoms with Crippen molar-refractivity contribution in [2.75, 3.05) is 20.1 Å². The van der Waals surface area contributed by atoms with Crippen LogP contribution in [-0.2, 0) is 0 Å². The second-order valence-corrected chi connectivity index (χ2v) is 5.68. The minimum absolute atomic E-state index is 0.482. The second-order valence-electron chi connectivity index (χ2n) is 5.68. The third-order valence-electron chi connectivity index (χ3n) is 4.15. The molecule has 0 aromatic heterocycles. The van der Waals surface area contributed by atoms with E-state index in [1.165, 1.54) is 32.4 Å². The van der Waals surface area contributed by atoms with Gasteiger partial charge >= 0.3 is 0 Å². The fourth-order valence-electron chi connectivity index (χ4n) is 2.74. The summed E-state index contributed by atoms with van der Waals surface area (Å²) in [6.07, 6.45) is 4.07. The number of rotatable bonds is 2. The van der Waals surface area contributed by atoms with Crippen molar-refractivity contribution >= 4 is 0 Å². The normalized spacial score (nSPS) is 27.4. The molecule has 1 fully saturated rings. The third-order valence-corrected chi connectivity index (χ3v) is 4.15. The van der Waals surface area contributed by atoms with E-state index in [2.05, 4.69) is 39.6 Å². The van der Waals surface area contributed by atoms with E-state index in [1.807, 2.05) is 27.7 Å². The van der Waals surface area contributed by atoms with Crippen molar-refractivity contribution in [3.63, 3.8) is 0 Å². The lowest BCUT2D eigenvalue weighted by molar-refractivity contribution is -0.0144. The Bertz CT molecular complexity index is 174. The minimum Gasteiger partial charge on any atom is -0.306 e. The number of hydrogen-bond donors (Lipinski definition) is 0. The molecule has 0 amide bonds. The summed E-state index contributed by atoms with van der Waals surface area (Å²) in [5.41, 5.74) is 1.05. The SMILES string of the molecule is CC.CC.CCC[C@@]1(C)CCN(C)CC1(C)C. The molecule has 0 bridgehead atoms. The maximum atomic E-state index is 2.48. The van der Waals surface area contributed by atoms with Gasteiger partial charge in [-0.15, -0.1) is 0 Å². The monoisotopic (exact) mass is 243 g/mol. The Labute approximate surface area is 111 Å². The Morgan fingerprint density at radius 3 is 1.82 bits per heavy atom. The fraction of sp³-hybridized carbons (Fsp3) is 1.00. The average Bonchev–Trinajstić information content (AvgIpc) is 2.30. The molecule has 1 aliphatic heterocycles. The maximum absolute atomic E-state index is 2.48. The lowest BCUT2D eigenvalue weighted by Crippen LogP contribution is -2.50. The Kier molecular flexibility index (Phi) is 10.2. The van der Waals surface area contributed by atoms with Crippen LogP contribution in [0.3, 0.4) is 0 Å². The first-order valence-electron chi connectivity index (χ1n) is 7.60. The zero-order valence-corrected chi connectivity index (χ0v) is 14.0. The van der Waals surface area contributed by atoms with E-state index in [0.29, 0.717) is 10.8 Å². The zero-order valence-electron chi connectivity index (χ0n) is 14.0. The Hall–Kier alpha value is -0.0400. The van der Waals surface area contributed by atoms with Gasteiger partial charge in [0.1, 0.15) is 0 Å². The van der Waals surface area contributed by atoms with E-state index in [0.717, 1.165) is 0 Å². The zero-order chi connectivity index (χ0) is 14.1. The highest BCUT2D eigenvalue weighted by Gasteiger charge is 2.43. The number of likely N-dealkylation sites (tertiary alicyclic amines) is 1. The molecule has 0 saturated carbocycles. The largest absolute Gasteiger partial charge is 0.306 e. The predicted octanol–water partition coefficient (Wildman–Crippen LogP) is 5.21. The van der Waals surface area contributed by atoms with Crippen LogP contribution in [0.5, 0.6) is 0 Å². The van der Waals surface area contributed by atoms with Crippen LogP contribution in [0.25, 0.3) is 0 Å². The van der Waals surface area contributed by atoms with Gasteiger partial charge in [0, 0.05) is 6.54 Å². The van der Waals surface area contributed by atoms with E-state index in [1.54, 1.807) is 0 Å². The molecular formula is C16H37N. The summed E-state index contributed by atoms with van der Waals surface area (Å²) >= 11 is 0. The van der Waals surface area contributed by atoms with Gasteiger partial charge in [0.25, 0.3) is 0 Å². The summed E-state index contributed by atoms with van der Waals surface area (Å²) in [5.74, 6) is 0. The molecule has 0 unspecified atom stereocenters. The number of nitrogens with zero attached hydrogens (tertiary/aromatic N) is 1. The van der Waals surface area contributed by atoms with Gasteiger partial charge in [-0.25, -0.2) is 0 Å². The van der Waals surface area contributed by atoms with Crippen molar-refractivity contribution in [3.05, 3.63) is 0 Å². The standard InChI is InChI=1S/C12H25N.2C2H6/c1-6-7-12(4)8-9-13(5)10-11(12,2)3;2*1-2/h6-10H2,1-5H3;2*1-2H3/t12-;;/m0../s1. The molecule has 0 radical (unpaired) electrons. The van der Waals surface area contributed by atoms with Crippen LogP contribution < -0.4 is 0 Å². The molecular weight excluding hydrogens is 206 g/mol. The smallest absolute Gasteiger partial charge is 0.00349 e. The molecule has 17 heavy (non-hydrogen) atoms. The van der Waals surface area contributed by atoms with Gasteiger partial charge in [0.2, 0.25) is 0 Å². The maximum Gasteiger partial charge on any atom is 0.00349 e. The van der Waals surface area contributed by atoms with E-state index in [4.69, 9.17) is 0 Å². The van der Waals surface area contributed by atoms with Crippen molar-refractivity contribution in [2.24, 2.45) is 10.8 Å². The first-order valence-corrected chi connectivity index (χ1v) is 7.60. The molecule has 0 aromatic carbocycles. The van der Waals surface area contributed by atoms with Gasteiger partial charge in [-0.1, -0.05) is 61.8 Å². The highest BCUT2D eigenvalue weighted by molar-refractivity contribution is 4.94. The number of piperidine rings is 1. The molecule has 1 rings (SSSR count). The van der Waals surface area contributed by atoms with Gasteiger partial charge in [-0.05, 0) is 37.3 Å². The highest BCUT2D eigenvalue weighted by Crippen LogP contribution is 2.48. The van der Waals surface area contributed by atoms with Crippen LogP contribution in [-0.4, -0.2) is 25.0 Å². The summed E-state index contributed by atoms with van der Waals surface area (Å²) in [4.78, 5) is 2.47. The number of hydrogen-bond acceptors (Lipinski definition) is 1. The molecule has 0 aromatic rings. The lowest BCUT2D eigenvalue weighted by atomic mass is 9.60. The average molecular weight is 243 g/mol. The predicted molar refractivity (Wildman–Crippen MR) is 81.6 cm³/mol. The van der Waals surface area contributed by atoms with Crippen LogP contribution in [0, 0.1) is 10.8 Å². The van der Waals surface area contributed by atoms with Gasteiger partial charge in [0.05, 0.1) is 0 Å². The van der Waals surface area contributed by atoms with Crippen molar-refractivity contribution in [2.45, 2.75) is 74.7 Å². The third kappa shape index (κ3) is 5.42. The van der Waals surface area contributed by atoms with Gasteiger partial charge in [-0.2, -0.15) is 0 Å². The van der Waals surface area contributed by atoms with Crippen molar-refractivity contribution in [1.82, 2.24) is 4.90 Å². The van der Waals surface area contributed by atoms with E-state index in [-0.39, 0.29) is 0 Å². The van der Waals surface area contributed by atoms with E-state index in [9.17, 15) is 0 Å². The summed E-state index contributed by atoms with van der Waals surface area (Å²) in [6.45, 7) is 20.2. The summed E-state index contributed by atoms with van der Waals surface area (Å²) in [5, 5.41) is 0. The van der Waals surface area contributed by atoms with Crippen LogP contribution in [0.4, 0.5) is 0 Å². The highest BCUT2D eigenvalue weighted by atomic mass is 15.1. The topological polar surface area (TPSA) is 3.24 Å². The minimum atomic E-state index is 0.482. The molecule has 1 atom stereocenters. The van der Waals surface area contributed by atoms with Gasteiger partial charge < -0.3 is 4.90 Å². The molecule has 0 N–H and O–H groups in total. The summed E-state index contributed by atoms with van der Waals surface area (Å²) < 4.78 is 0. The van der Waals surface area contributed by atoms with Gasteiger partial charge in [0.15, 0.2) is 0 Å². The van der Waals surface area contributed by atoms with Crippen molar-refractivity contribution < 1.29 is 0 Å². The van der Waals surface area contributed by atoms with Crippen molar-refractivity contribution in [1.29, 1.82) is 0 Å².